The van der Waals surface area contributed by atoms with Crippen LogP contribution in [0.3, 0.4) is 0 Å². The fourth-order valence-corrected chi connectivity index (χ4v) is 7.20. The summed E-state index contributed by atoms with van der Waals surface area (Å²) in [5.41, 5.74) is 1.84. The molecule has 3 heterocycles. The number of carboxylic acid groups (broad SMARTS) is 1. The Morgan fingerprint density at radius 2 is 1.76 bits per heavy atom. The molecule has 1 aromatic heterocycles. The Morgan fingerprint density at radius 1 is 1.07 bits per heavy atom. The molecule has 2 saturated heterocycles. The maximum atomic E-state index is 11.8. The van der Waals surface area contributed by atoms with E-state index in [-0.39, 0.29) is 30.9 Å². The Bertz CT molecular complexity index is 1370. The lowest BCUT2D eigenvalue weighted by Crippen LogP contribution is -2.55. The maximum absolute atomic E-state index is 11.8. The number of likely N-dealkylation sites (N-methyl/N-ethyl adjacent to an activating group) is 1. The first-order chi connectivity index (χ1) is 22.2. The van der Waals surface area contributed by atoms with Gasteiger partial charge in [0.25, 0.3) is 0 Å². The molecule has 3 atom stereocenters. The largest absolute Gasteiger partial charge is 0.481 e. The van der Waals surface area contributed by atoms with Crippen molar-refractivity contribution >= 4 is 27.5 Å². The van der Waals surface area contributed by atoms with E-state index in [2.05, 4.69) is 67.9 Å². The first-order valence-corrected chi connectivity index (χ1v) is 16.7. The van der Waals surface area contributed by atoms with Gasteiger partial charge in [-0.25, -0.2) is 0 Å². The Hall–Kier alpha value is -3.03. The standard InChI is InChI=1S/C34H46BrN5O6/c1-33(35)27(25-11-6-5-7-12-25)13-8-15-34(33,46-22-10-16-39-20-18-38(2)19-21-39)24-45-32-36-29(43-3)26(30(37-32)44-4)23-40-17-9-14-28(40)31(41)42/h5-8,11-13,15,28H,9-10,14,16-24H2,1-4H3,(H,41,42)/t28-,33?,34?/m0/s1. The summed E-state index contributed by atoms with van der Waals surface area (Å²) in [6, 6.07) is 9.77. The van der Waals surface area contributed by atoms with E-state index >= 15 is 0 Å². The molecule has 0 saturated carbocycles. The summed E-state index contributed by atoms with van der Waals surface area (Å²) in [6.45, 7) is 8.96. The number of aromatic nitrogens is 2. The van der Waals surface area contributed by atoms with Gasteiger partial charge in [-0.1, -0.05) is 58.4 Å². The molecule has 1 aliphatic carbocycles. The van der Waals surface area contributed by atoms with E-state index in [1.807, 2.05) is 35.3 Å². The van der Waals surface area contributed by atoms with Gasteiger partial charge in [-0.3, -0.25) is 9.69 Å². The molecule has 12 heteroatoms. The van der Waals surface area contributed by atoms with Crippen molar-refractivity contribution in [2.75, 3.05) is 73.7 Å². The normalized spacial score (nSPS) is 25.8. The van der Waals surface area contributed by atoms with Crippen molar-refractivity contribution in [2.24, 2.45) is 0 Å². The molecule has 0 bridgehead atoms. The number of piperazine rings is 1. The molecular formula is C34H46BrN5O6. The Morgan fingerprint density at radius 3 is 2.41 bits per heavy atom. The van der Waals surface area contributed by atoms with Crippen molar-refractivity contribution in [1.29, 1.82) is 0 Å². The van der Waals surface area contributed by atoms with Gasteiger partial charge in [-0.2, -0.15) is 9.97 Å². The Kier molecular flexibility index (Phi) is 11.4. The van der Waals surface area contributed by atoms with Gasteiger partial charge in [-0.15, -0.1) is 0 Å². The molecule has 0 radical (unpaired) electrons. The third kappa shape index (κ3) is 7.57. The molecule has 2 aliphatic heterocycles. The number of aliphatic carboxylic acids is 1. The number of alkyl halides is 1. The third-order valence-corrected chi connectivity index (χ3v) is 10.4. The fraction of sp³-hybridized carbons (Fsp3) is 0.559. The second kappa shape index (κ2) is 15.2. The molecular weight excluding hydrogens is 654 g/mol. The van der Waals surface area contributed by atoms with Crippen LogP contribution in [-0.2, 0) is 16.1 Å². The SMILES string of the molecule is COc1nc(OCC2(OCCCN3CCN(C)CC3)C=CC=C(c3ccccc3)C2(C)Br)nc(OC)c1CN1CCC[C@H]1C(=O)O. The van der Waals surface area contributed by atoms with Crippen LogP contribution in [0.4, 0.5) is 0 Å². The zero-order chi connectivity index (χ0) is 32.7. The first kappa shape index (κ1) is 34.3. The first-order valence-electron chi connectivity index (χ1n) is 15.9. The van der Waals surface area contributed by atoms with Gasteiger partial charge in [0.2, 0.25) is 11.8 Å². The number of nitrogens with zero attached hydrogens (tertiary/aromatic N) is 5. The van der Waals surface area contributed by atoms with Crippen LogP contribution in [0.2, 0.25) is 0 Å². The highest BCUT2D eigenvalue weighted by Crippen LogP contribution is 2.48. The lowest BCUT2D eigenvalue weighted by molar-refractivity contribution is -0.142. The highest BCUT2D eigenvalue weighted by Gasteiger charge is 2.51. The molecule has 3 aliphatic rings. The van der Waals surface area contributed by atoms with Crippen molar-refractivity contribution in [3.8, 4) is 17.8 Å². The van der Waals surface area contributed by atoms with E-state index in [9.17, 15) is 9.90 Å². The van der Waals surface area contributed by atoms with Gasteiger partial charge in [0.1, 0.15) is 18.2 Å². The second-order valence-corrected chi connectivity index (χ2v) is 13.9. The number of rotatable bonds is 14. The highest BCUT2D eigenvalue weighted by atomic mass is 79.9. The number of hydrogen-bond donors (Lipinski definition) is 1. The molecule has 250 valence electrons. The predicted molar refractivity (Wildman–Crippen MR) is 180 cm³/mol. The number of carbonyl (C=O) groups is 1. The molecule has 5 rings (SSSR count). The molecule has 1 aromatic carbocycles. The van der Waals surface area contributed by atoms with Crippen molar-refractivity contribution < 1.29 is 28.8 Å². The van der Waals surface area contributed by atoms with E-state index in [0.717, 1.165) is 56.7 Å². The summed E-state index contributed by atoms with van der Waals surface area (Å²) in [7, 11) is 5.21. The molecule has 0 amide bonds. The molecule has 1 N–H and O–H groups in total. The summed E-state index contributed by atoms with van der Waals surface area (Å²) < 4.78 is 23.8. The topological polar surface area (TPSA) is 110 Å². The van der Waals surface area contributed by atoms with E-state index in [0.29, 0.717) is 25.1 Å². The number of benzene rings is 1. The van der Waals surface area contributed by atoms with Crippen LogP contribution < -0.4 is 14.2 Å². The molecule has 46 heavy (non-hydrogen) atoms. The van der Waals surface area contributed by atoms with Crippen molar-refractivity contribution in [1.82, 2.24) is 24.7 Å². The molecule has 2 aromatic rings. The number of hydrogen-bond acceptors (Lipinski definition) is 10. The number of ether oxygens (including phenoxy) is 4. The van der Waals surface area contributed by atoms with Crippen LogP contribution in [0, 0.1) is 0 Å². The summed E-state index contributed by atoms with van der Waals surface area (Å²) in [5.74, 6) is -0.274. The number of halogens is 1. The van der Waals surface area contributed by atoms with Crippen molar-refractivity contribution in [3.05, 3.63) is 59.7 Å². The molecule has 2 fully saturated rings. The van der Waals surface area contributed by atoms with Gasteiger partial charge in [0, 0.05) is 45.9 Å². The number of allylic oxidation sites excluding steroid dienone is 2. The lowest BCUT2D eigenvalue weighted by Gasteiger charge is -2.46. The maximum Gasteiger partial charge on any atom is 0.323 e. The minimum absolute atomic E-state index is 0.0848. The van der Waals surface area contributed by atoms with Gasteiger partial charge in [0.05, 0.1) is 24.1 Å². The van der Waals surface area contributed by atoms with E-state index in [1.54, 1.807) is 0 Å². The number of likely N-dealkylation sites (tertiary alicyclic amines) is 1. The summed E-state index contributed by atoms with van der Waals surface area (Å²) >= 11 is 4.08. The van der Waals surface area contributed by atoms with Crippen molar-refractivity contribution in [2.45, 2.75) is 48.7 Å². The van der Waals surface area contributed by atoms with Gasteiger partial charge in [-0.05, 0) is 57.0 Å². The Balaban J connectivity index is 1.37. The summed E-state index contributed by atoms with van der Waals surface area (Å²) in [4.78, 5) is 27.7. The van der Waals surface area contributed by atoms with Gasteiger partial charge >= 0.3 is 12.0 Å². The van der Waals surface area contributed by atoms with Gasteiger partial charge < -0.3 is 33.9 Å². The monoisotopic (exact) mass is 699 g/mol. The predicted octanol–water partition coefficient (Wildman–Crippen LogP) is 4.12. The average Bonchev–Trinajstić information content (AvgIpc) is 3.53. The smallest absolute Gasteiger partial charge is 0.323 e. The van der Waals surface area contributed by atoms with Gasteiger partial charge in [0.15, 0.2) is 0 Å². The lowest BCUT2D eigenvalue weighted by atomic mass is 9.77. The number of methoxy groups -OCH3 is 2. The third-order valence-electron chi connectivity index (χ3n) is 9.31. The zero-order valence-electron chi connectivity index (χ0n) is 27.3. The molecule has 2 unspecified atom stereocenters. The summed E-state index contributed by atoms with van der Waals surface area (Å²) in [5, 5.41) is 9.68. The number of carboxylic acids is 1. The average molecular weight is 701 g/mol. The van der Waals surface area contributed by atoms with E-state index in [1.165, 1.54) is 14.2 Å². The van der Waals surface area contributed by atoms with Crippen LogP contribution in [-0.4, -0.2) is 125 Å². The molecule has 11 nitrogen and oxygen atoms in total. The van der Waals surface area contributed by atoms with E-state index in [4.69, 9.17) is 18.9 Å². The van der Waals surface area contributed by atoms with Crippen LogP contribution in [0.1, 0.15) is 37.3 Å². The molecule has 0 spiro atoms. The van der Waals surface area contributed by atoms with Crippen LogP contribution in [0.5, 0.6) is 17.8 Å². The van der Waals surface area contributed by atoms with Crippen LogP contribution >= 0.6 is 15.9 Å². The van der Waals surface area contributed by atoms with Crippen LogP contribution in [0.15, 0.2) is 48.6 Å². The Labute approximate surface area is 280 Å². The highest BCUT2D eigenvalue weighted by molar-refractivity contribution is 9.10. The van der Waals surface area contributed by atoms with Crippen molar-refractivity contribution in [3.63, 3.8) is 0 Å². The zero-order valence-corrected chi connectivity index (χ0v) is 28.9. The fourth-order valence-electron chi connectivity index (χ4n) is 6.48. The minimum Gasteiger partial charge on any atom is -0.481 e. The quantitative estimate of drug-likeness (QED) is 0.227. The summed E-state index contributed by atoms with van der Waals surface area (Å²) in [6.07, 6.45) is 8.46. The second-order valence-electron chi connectivity index (χ2n) is 12.3. The van der Waals surface area contributed by atoms with Crippen LogP contribution in [0.25, 0.3) is 5.57 Å². The minimum atomic E-state index is -0.901. The van der Waals surface area contributed by atoms with E-state index < -0.39 is 21.9 Å².